The zero-order chi connectivity index (χ0) is 19.6. The molecule has 4 heterocycles. The van der Waals surface area contributed by atoms with Crippen LogP contribution in [0.5, 0.6) is 0 Å². The van der Waals surface area contributed by atoms with E-state index in [1.807, 2.05) is 17.9 Å². The molecule has 2 fully saturated rings. The highest BCUT2D eigenvalue weighted by molar-refractivity contribution is 5.94. The Hall–Kier alpha value is -2.80. The largest absolute Gasteiger partial charge is 0.373 e. The Morgan fingerprint density at radius 3 is 2.79 bits per heavy atom. The van der Waals surface area contributed by atoms with Gasteiger partial charge in [0.2, 0.25) is 0 Å². The van der Waals surface area contributed by atoms with Gasteiger partial charge in [0, 0.05) is 31.7 Å². The molecule has 28 heavy (non-hydrogen) atoms. The molecule has 2 aromatic heterocycles. The molecule has 0 aromatic carbocycles. The quantitative estimate of drug-likeness (QED) is 0.880. The standard InChI is InChI=1S/C21H24N4O3/c1-15-10-16(13-22-12-15)20(27)25-8-5-21(6-9-25)11-17(14-28-21)24-19(26)18-4-2-3-7-23-18/h2-4,7,10,12-13,17H,5-6,8-9,11,14H2,1H3,(H,24,26). The maximum atomic E-state index is 12.7. The van der Waals surface area contributed by atoms with Crippen LogP contribution in [0.15, 0.2) is 42.9 Å². The molecule has 0 radical (unpaired) electrons. The molecular weight excluding hydrogens is 356 g/mol. The lowest BCUT2D eigenvalue weighted by molar-refractivity contribution is -0.0389. The predicted octanol–water partition coefficient (Wildman–Crippen LogP) is 1.98. The first-order valence-corrected chi connectivity index (χ1v) is 9.61. The lowest BCUT2D eigenvalue weighted by Gasteiger charge is -2.38. The molecular formula is C21H24N4O3. The molecule has 2 aliphatic heterocycles. The van der Waals surface area contributed by atoms with Crippen LogP contribution in [0.3, 0.4) is 0 Å². The van der Waals surface area contributed by atoms with Gasteiger partial charge in [0.25, 0.3) is 11.8 Å². The molecule has 2 saturated heterocycles. The van der Waals surface area contributed by atoms with Gasteiger partial charge in [-0.1, -0.05) is 6.07 Å². The smallest absolute Gasteiger partial charge is 0.270 e. The highest BCUT2D eigenvalue weighted by Crippen LogP contribution is 2.36. The average Bonchev–Trinajstić information content (AvgIpc) is 3.10. The second kappa shape index (κ2) is 7.67. The van der Waals surface area contributed by atoms with Crippen molar-refractivity contribution >= 4 is 11.8 Å². The van der Waals surface area contributed by atoms with E-state index in [0.29, 0.717) is 31.0 Å². The van der Waals surface area contributed by atoms with Gasteiger partial charge in [-0.15, -0.1) is 0 Å². The van der Waals surface area contributed by atoms with E-state index in [9.17, 15) is 9.59 Å². The van der Waals surface area contributed by atoms with Crippen molar-refractivity contribution in [2.24, 2.45) is 0 Å². The van der Waals surface area contributed by atoms with Crippen LogP contribution in [0.1, 0.15) is 45.7 Å². The van der Waals surface area contributed by atoms with Crippen molar-refractivity contribution < 1.29 is 14.3 Å². The normalized spacial score (nSPS) is 20.9. The lowest BCUT2D eigenvalue weighted by Crippen LogP contribution is -2.47. The van der Waals surface area contributed by atoms with Gasteiger partial charge in [-0.3, -0.25) is 19.6 Å². The van der Waals surface area contributed by atoms with E-state index in [1.54, 1.807) is 36.8 Å². The predicted molar refractivity (Wildman–Crippen MR) is 103 cm³/mol. The zero-order valence-electron chi connectivity index (χ0n) is 15.9. The highest BCUT2D eigenvalue weighted by Gasteiger charge is 2.44. The number of rotatable bonds is 3. The zero-order valence-corrected chi connectivity index (χ0v) is 15.9. The minimum Gasteiger partial charge on any atom is -0.373 e. The number of carbonyl (C=O) groups is 2. The van der Waals surface area contributed by atoms with Crippen molar-refractivity contribution in [3.63, 3.8) is 0 Å². The Morgan fingerprint density at radius 1 is 1.25 bits per heavy atom. The summed E-state index contributed by atoms with van der Waals surface area (Å²) in [6.07, 6.45) is 7.28. The van der Waals surface area contributed by atoms with Crippen LogP contribution >= 0.6 is 0 Å². The van der Waals surface area contributed by atoms with Crippen LogP contribution in [0.25, 0.3) is 0 Å². The Morgan fingerprint density at radius 2 is 2.07 bits per heavy atom. The number of ether oxygens (including phenoxy) is 1. The Balaban J connectivity index is 1.32. The molecule has 4 rings (SSSR count). The number of amides is 2. The summed E-state index contributed by atoms with van der Waals surface area (Å²) in [6, 6.07) is 7.12. The van der Waals surface area contributed by atoms with Crippen molar-refractivity contribution in [1.82, 2.24) is 20.2 Å². The van der Waals surface area contributed by atoms with E-state index in [0.717, 1.165) is 24.8 Å². The Labute approximate surface area is 164 Å². The molecule has 1 atom stereocenters. The monoisotopic (exact) mass is 380 g/mol. The van der Waals surface area contributed by atoms with Gasteiger partial charge in [0.05, 0.1) is 23.8 Å². The molecule has 1 spiro atoms. The Kier molecular flexibility index (Phi) is 5.09. The maximum Gasteiger partial charge on any atom is 0.270 e. The fourth-order valence-corrected chi connectivity index (χ4v) is 4.01. The molecule has 2 aliphatic rings. The van der Waals surface area contributed by atoms with Gasteiger partial charge in [0.1, 0.15) is 5.69 Å². The number of nitrogens with zero attached hydrogens (tertiary/aromatic N) is 3. The van der Waals surface area contributed by atoms with Crippen molar-refractivity contribution in [3.05, 3.63) is 59.7 Å². The fraction of sp³-hybridized carbons (Fsp3) is 0.429. The number of nitrogens with one attached hydrogen (secondary N) is 1. The van der Waals surface area contributed by atoms with Crippen LogP contribution < -0.4 is 5.32 Å². The summed E-state index contributed by atoms with van der Waals surface area (Å²) in [6.45, 7) is 3.72. The molecule has 7 heteroatoms. The summed E-state index contributed by atoms with van der Waals surface area (Å²) in [5.41, 5.74) is 1.76. The van der Waals surface area contributed by atoms with Crippen molar-refractivity contribution in [3.8, 4) is 0 Å². The van der Waals surface area contributed by atoms with E-state index in [2.05, 4.69) is 15.3 Å². The summed E-state index contributed by atoms with van der Waals surface area (Å²) in [4.78, 5) is 35.1. The molecule has 0 bridgehead atoms. The van der Waals surface area contributed by atoms with Gasteiger partial charge in [-0.25, -0.2) is 0 Å². The molecule has 146 valence electrons. The topological polar surface area (TPSA) is 84.4 Å². The second-order valence-electron chi connectivity index (χ2n) is 7.63. The first-order chi connectivity index (χ1) is 13.5. The highest BCUT2D eigenvalue weighted by atomic mass is 16.5. The SMILES string of the molecule is Cc1cncc(C(=O)N2CCC3(CC2)CC(NC(=O)c2ccccn2)CO3)c1. The minimum absolute atomic E-state index is 0.0176. The fourth-order valence-electron chi connectivity index (χ4n) is 4.01. The van der Waals surface area contributed by atoms with Crippen molar-refractivity contribution in [2.75, 3.05) is 19.7 Å². The van der Waals surface area contributed by atoms with Gasteiger partial charge in [-0.2, -0.15) is 0 Å². The van der Waals surface area contributed by atoms with Crippen LogP contribution in [0.4, 0.5) is 0 Å². The lowest BCUT2D eigenvalue weighted by atomic mass is 9.87. The maximum absolute atomic E-state index is 12.7. The molecule has 7 nitrogen and oxygen atoms in total. The van der Waals surface area contributed by atoms with Crippen molar-refractivity contribution in [1.29, 1.82) is 0 Å². The van der Waals surface area contributed by atoms with E-state index >= 15 is 0 Å². The van der Waals surface area contributed by atoms with Crippen LogP contribution in [-0.4, -0.2) is 58.0 Å². The Bertz CT molecular complexity index is 863. The number of pyridine rings is 2. The summed E-state index contributed by atoms with van der Waals surface area (Å²) >= 11 is 0. The van der Waals surface area contributed by atoms with Gasteiger partial charge in [0.15, 0.2) is 0 Å². The van der Waals surface area contributed by atoms with Crippen molar-refractivity contribution in [2.45, 2.75) is 37.8 Å². The third-order valence-electron chi connectivity index (χ3n) is 5.53. The number of piperidine rings is 1. The number of carbonyl (C=O) groups excluding carboxylic acids is 2. The molecule has 1 N–H and O–H groups in total. The summed E-state index contributed by atoms with van der Waals surface area (Å²) in [7, 11) is 0. The third kappa shape index (κ3) is 3.89. The van der Waals surface area contributed by atoms with E-state index in [4.69, 9.17) is 4.74 Å². The third-order valence-corrected chi connectivity index (χ3v) is 5.53. The van der Waals surface area contributed by atoms with E-state index in [1.165, 1.54) is 0 Å². The molecule has 1 unspecified atom stereocenters. The van der Waals surface area contributed by atoms with Gasteiger partial charge >= 0.3 is 0 Å². The van der Waals surface area contributed by atoms with Gasteiger partial charge in [-0.05, 0) is 49.9 Å². The number of aryl methyl sites for hydroxylation is 1. The molecule has 2 aromatic rings. The number of hydrogen-bond donors (Lipinski definition) is 1. The van der Waals surface area contributed by atoms with Crippen LogP contribution in [0.2, 0.25) is 0 Å². The summed E-state index contributed by atoms with van der Waals surface area (Å²) in [5.74, 6) is -0.158. The van der Waals surface area contributed by atoms with Crippen LogP contribution in [0, 0.1) is 6.92 Å². The summed E-state index contributed by atoms with van der Waals surface area (Å²) in [5, 5.41) is 3.02. The molecule has 0 saturated carbocycles. The minimum atomic E-state index is -0.260. The molecule has 2 amide bonds. The molecule has 0 aliphatic carbocycles. The first kappa shape index (κ1) is 18.6. The van der Waals surface area contributed by atoms with Gasteiger partial charge < -0.3 is 15.0 Å². The number of hydrogen-bond acceptors (Lipinski definition) is 5. The number of aromatic nitrogens is 2. The summed E-state index contributed by atoms with van der Waals surface area (Å²) < 4.78 is 6.10. The van der Waals surface area contributed by atoms with E-state index in [-0.39, 0.29) is 23.5 Å². The number of likely N-dealkylation sites (tertiary alicyclic amines) is 1. The van der Waals surface area contributed by atoms with E-state index < -0.39 is 0 Å². The second-order valence-corrected chi connectivity index (χ2v) is 7.63. The first-order valence-electron chi connectivity index (χ1n) is 9.61. The average molecular weight is 380 g/mol. The van der Waals surface area contributed by atoms with Crippen LogP contribution in [-0.2, 0) is 4.74 Å².